The van der Waals surface area contributed by atoms with Crippen LogP contribution in [0.25, 0.3) is 0 Å². The van der Waals surface area contributed by atoms with E-state index < -0.39 is 9.84 Å². The second kappa shape index (κ2) is 5.71. The average Bonchev–Trinajstić information content (AvgIpc) is 2.16. The highest BCUT2D eigenvalue weighted by Gasteiger charge is 2.20. The van der Waals surface area contributed by atoms with E-state index in [1.54, 1.807) is 0 Å². The third-order valence-electron chi connectivity index (χ3n) is 2.87. The molecule has 1 fully saturated rings. The van der Waals surface area contributed by atoms with Crippen LogP contribution < -0.4 is 5.73 Å². The van der Waals surface area contributed by atoms with Gasteiger partial charge in [0.1, 0.15) is 0 Å². The molecule has 2 N–H and O–H groups in total. The lowest BCUT2D eigenvalue weighted by Crippen LogP contribution is -2.22. The molecule has 0 saturated heterocycles. The second-order valence-electron chi connectivity index (χ2n) is 4.26. The lowest BCUT2D eigenvalue weighted by molar-refractivity contribution is 0.385. The van der Waals surface area contributed by atoms with Crippen LogP contribution in [0.1, 0.15) is 38.5 Å². The number of nitrogens with two attached hydrogens (primary N) is 1. The minimum absolute atomic E-state index is 0.278. The summed E-state index contributed by atoms with van der Waals surface area (Å²) in [5, 5.41) is 0. The lowest BCUT2D eigenvalue weighted by Gasteiger charge is -2.21. The molecule has 0 spiro atoms. The zero-order valence-electron chi connectivity index (χ0n) is 8.74. The van der Waals surface area contributed by atoms with Crippen LogP contribution in [0.5, 0.6) is 0 Å². The molecule has 4 heteroatoms. The summed E-state index contributed by atoms with van der Waals surface area (Å²) in [5.41, 5.74) is 5.30. The van der Waals surface area contributed by atoms with Crippen molar-refractivity contribution in [1.82, 2.24) is 0 Å². The van der Waals surface area contributed by atoms with Gasteiger partial charge in [0.15, 0.2) is 9.84 Å². The van der Waals surface area contributed by atoms with Crippen LogP contribution in [0.3, 0.4) is 0 Å². The summed E-state index contributed by atoms with van der Waals surface area (Å²) in [5.74, 6) is 1.10. The van der Waals surface area contributed by atoms with E-state index in [-0.39, 0.29) is 5.75 Å². The molecule has 0 atom stereocenters. The zero-order chi connectivity index (χ0) is 10.4. The van der Waals surface area contributed by atoms with E-state index in [0.29, 0.717) is 24.6 Å². The van der Waals surface area contributed by atoms with Gasteiger partial charge in [-0.3, -0.25) is 0 Å². The molecule has 0 radical (unpaired) electrons. The largest absolute Gasteiger partial charge is 0.330 e. The van der Waals surface area contributed by atoms with Crippen molar-refractivity contribution < 1.29 is 8.42 Å². The second-order valence-corrected chi connectivity index (χ2v) is 6.49. The van der Waals surface area contributed by atoms with Crippen LogP contribution in [0.4, 0.5) is 0 Å². The third-order valence-corrected chi connectivity index (χ3v) is 4.76. The molecule has 1 aliphatic carbocycles. The summed E-state index contributed by atoms with van der Waals surface area (Å²) in [4.78, 5) is 0. The normalized spacial score (nSPS) is 19.8. The molecule has 3 nitrogen and oxygen atoms in total. The molecule has 0 aromatic rings. The fraction of sp³-hybridized carbons (Fsp3) is 1.00. The van der Waals surface area contributed by atoms with Gasteiger partial charge in [0.05, 0.1) is 11.5 Å². The molecular weight excluding hydrogens is 198 g/mol. The number of rotatable bonds is 5. The number of hydrogen-bond donors (Lipinski definition) is 1. The minimum atomic E-state index is -2.82. The van der Waals surface area contributed by atoms with E-state index in [4.69, 9.17) is 5.73 Å². The fourth-order valence-corrected chi connectivity index (χ4v) is 3.92. The summed E-state index contributed by atoms with van der Waals surface area (Å²) < 4.78 is 23.2. The summed E-state index contributed by atoms with van der Waals surface area (Å²) in [6.45, 7) is 0.476. The van der Waals surface area contributed by atoms with Crippen molar-refractivity contribution in [2.75, 3.05) is 18.1 Å². The molecule has 14 heavy (non-hydrogen) atoms. The topological polar surface area (TPSA) is 60.2 Å². The molecule has 0 amide bonds. The van der Waals surface area contributed by atoms with E-state index in [2.05, 4.69) is 0 Å². The van der Waals surface area contributed by atoms with Crippen molar-refractivity contribution in [2.24, 2.45) is 11.7 Å². The molecule has 1 saturated carbocycles. The average molecular weight is 219 g/mol. The molecule has 0 bridgehead atoms. The standard InChI is InChI=1S/C10H21NO2S/c11-7-4-8-14(12,13)9-10-5-2-1-3-6-10/h10H,1-9,11H2. The Hall–Kier alpha value is -0.0900. The Morgan fingerprint density at radius 3 is 2.36 bits per heavy atom. The Kier molecular flexibility index (Phi) is 4.89. The number of hydrogen-bond acceptors (Lipinski definition) is 3. The highest BCUT2D eigenvalue weighted by atomic mass is 32.2. The maximum Gasteiger partial charge on any atom is 0.150 e. The molecule has 0 unspecified atom stereocenters. The van der Waals surface area contributed by atoms with Gasteiger partial charge in [0.2, 0.25) is 0 Å². The first-order valence-electron chi connectivity index (χ1n) is 5.54. The summed E-state index contributed by atoms with van der Waals surface area (Å²) >= 11 is 0. The smallest absolute Gasteiger partial charge is 0.150 e. The summed E-state index contributed by atoms with van der Waals surface area (Å²) in [6, 6.07) is 0. The first-order chi connectivity index (χ1) is 6.64. The number of sulfone groups is 1. The molecular formula is C10H21NO2S. The van der Waals surface area contributed by atoms with Crippen LogP contribution in [0.15, 0.2) is 0 Å². The van der Waals surface area contributed by atoms with Crippen molar-refractivity contribution >= 4 is 9.84 Å². The van der Waals surface area contributed by atoms with E-state index in [0.717, 1.165) is 12.8 Å². The molecule has 0 aromatic carbocycles. The predicted molar refractivity (Wildman–Crippen MR) is 58.9 cm³/mol. The van der Waals surface area contributed by atoms with E-state index >= 15 is 0 Å². The molecule has 1 aliphatic rings. The quantitative estimate of drug-likeness (QED) is 0.759. The minimum Gasteiger partial charge on any atom is -0.330 e. The SMILES string of the molecule is NCCCS(=O)(=O)CC1CCCCC1. The highest BCUT2D eigenvalue weighted by Crippen LogP contribution is 2.25. The van der Waals surface area contributed by atoms with Gasteiger partial charge in [0.25, 0.3) is 0 Å². The highest BCUT2D eigenvalue weighted by molar-refractivity contribution is 7.91. The Morgan fingerprint density at radius 1 is 1.14 bits per heavy atom. The molecule has 0 aromatic heterocycles. The van der Waals surface area contributed by atoms with Crippen LogP contribution in [-0.2, 0) is 9.84 Å². The maximum absolute atomic E-state index is 11.6. The Balaban J connectivity index is 2.33. The predicted octanol–water partition coefficient (Wildman–Crippen LogP) is 1.33. The summed E-state index contributed by atoms with van der Waals surface area (Å²) in [7, 11) is -2.82. The Bertz CT molecular complexity index is 243. The summed E-state index contributed by atoms with van der Waals surface area (Å²) in [6.07, 6.45) is 6.49. The van der Waals surface area contributed by atoms with Gasteiger partial charge in [-0.2, -0.15) is 0 Å². The van der Waals surface area contributed by atoms with Gasteiger partial charge >= 0.3 is 0 Å². The van der Waals surface area contributed by atoms with Crippen LogP contribution in [0, 0.1) is 5.92 Å². The molecule has 0 aliphatic heterocycles. The van der Waals surface area contributed by atoms with E-state index in [1.165, 1.54) is 19.3 Å². The maximum atomic E-state index is 11.6. The molecule has 84 valence electrons. The van der Waals surface area contributed by atoms with Gasteiger partial charge < -0.3 is 5.73 Å². The third kappa shape index (κ3) is 4.42. The van der Waals surface area contributed by atoms with Gasteiger partial charge in [-0.25, -0.2) is 8.42 Å². The zero-order valence-corrected chi connectivity index (χ0v) is 9.56. The van der Waals surface area contributed by atoms with Crippen LogP contribution >= 0.6 is 0 Å². The van der Waals surface area contributed by atoms with Crippen molar-refractivity contribution in [2.45, 2.75) is 38.5 Å². The van der Waals surface area contributed by atoms with Gasteiger partial charge in [-0.05, 0) is 31.7 Å². The lowest BCUT2D eigenvalue weighted by atomic mass is 9.91. The monoisotopic (exact) mass is 219 g/mol. The van der Waals surface area contributed by atoms with Crippen molar-refractivity contribution in [3.63, 3.8) is 0 Å². The Morgan fingerprint density at radius 2 is 1.79 bits per heavy atom. The van der Waals surface area contributed by atoms with Crippen molar-refractivity contribution in [3.8, 4) is 0 Å². The first-order valence-corrected chi connectivity index (χ1v) is 7.37. The van der Waals surface area contributed by atoms with Gasteiger partial charge in [0, 0.05) is 0 Å². The van der Waals surface area contributed by atoms with Crippen LogP contribution in [-0.4, -0.2) is 26.5 Å². The van der Waals surface area contributed by atoms with E-state index in [9.17, 15) is 8.42 Å². The van der Waals surface area contributed by atoms with Crippen LogP contribution in [0.2, 0.25) is 0 Å². The molecule has 0 heterocycles. The Labute approximate surface area is 87.0 Å². The first kappa shape index (κ1) is 12.0. The van der Waals surface area contributed by atoms with E-state index in [1.807, 2.05) is 0 Å². The molecule has 1 rings (SSSR count). The fourth-order valence-electron chi connectivity index (χ4n) is 2.10. The van der Waals surface area contributed by atoms with Crippen molar-refractivity contribution in [3.05, 3.63) is 0 Å². The van der Waals surface area contributed by atoms with Crippen molar-refractivity contribution in [1.29, 1.82) is 0 Å². The van der Waals surface area contributed by atoms with Gasteiger partial charge in [-0.15, -0.1) is 0 Å². The van der Waals surface area contributed by atoms with Gasteiger partial charge in [-0.1, -0.05) is 19.3 Å².